The zero-order valence-electron chi connectivity index (χ0n) is 10.6. The molecule has 5 heteroatoms. The Morgan fingerprint density at radius 2 is 2.11 bits per heavy atom. The lowest BCUT2D eigenvalue weighted by Gasteiger charge is -2.09. The fourth-order valence-corrected chi connectivity index (χ4v) is 1.62. The quantitative estimate of drug-likeness (QED) is 0.917. The molecule has 0 aliphatic heterocycles. The number of benzene rings is 1. The number of anilines is 2. The number of nitrogens with zero attached hydrogens (tertiary/aromatic N) is 2. The Hall–Kier alpha value is -2.61. The molecule has 4 nitrogen and oxygen atoms in total. The summed E-state index contributed by atoms with van der Waals surface area (Å²) in [6, 6.07) is 9.87. The highest BCUT2D eigenvalue weighted by Crippen LogP contribution is 2.25. The van der Waals surface area contributed by atoms with Crippen LogP contribution >= 0.6 is 0 Å². The van der Waals surface area contributed by atoms with Crippen LogP contribution in [-0.4, -0.2) is 12.1 Å². The van der Waals surface area contributed by atoms with Gasteiger partial charge in [0.25, 0.3) is 0 Å². The number of hydrogen-bond acceptors (Lipinski definition) is 4. The predicted molar refractivity (Wildman–Crippen MR) is 69.9 cm³/mol. The van der Waals surface area contributed by atoms with Crippen LogP contribution in [0.2, 0.25) is 0 Å². The van der Waals surface area contributed by atoms with E-state index in [4.69, 9.17) is 10.00 Å². The van der Waals surface area contributed by atoms with Crippen LogP contribution in [-0.2, 0) is 0 Å². The number of ether oxygens (including phenoxy) is 1. The van der Waals surface area contributed by atoms with Crippen LogP contribution < -0.4 is 10.1 Å². The van der Waals surface area contributed by atoms with Gasteiger partial charge in [-0.05, 0) is 31.2 Å². The third-order valence-corrected chi connectivity index (χ3v) is 2.57. The maximum Gasteiger partial charge on any atom is 0.165 e. The Bertz CT molecular complexity index is 650. The predicted octanol–water partition coefficient (Wildman–Crippen LogP) is 3.15. The highest BCUT2D eigenvalue weighted by molar-refractivity contribution is 5.64. The molecule has 2 rings (SSSR count). The number of hydrogen-bond donors (Lipinski definition) is 1. The molecule has 1 N–H and O–H groups in total. The molecular formula is C14H12FN3O. The van der Waals surface area contributed by atoms with Gasteiger partial charge in [0, 0.05) is 17.4 Å². The fraction of sp³-hybridized carbons (Fsp3) is 0.143. The molecule has 0 amide bonds. The van der Waals surface area contributed by atoms with Crippen LogP contribution in [0.4, 0.5) is 15.9 Å². The SMILES string of the molecule is COc1cc(Nc2nc(C)ccc2C#N)ccc1F. The number of aryl methyl sites for hydroxylation is 1. The lowest BCUT2D eigenvalue weighted by Crippen LogP contribution is -1.99. The van der Waals surface area contributed by atoms with E-state index < -0.39 is 5.82 Å². The number of pyridine rings is 1. The average molecular weight is 257 g/mol. The largest absolute Gasteiger partial charge is 0.494 e. The Morgan fingerprint density at radius 1 is 1.32 bits per heavy atom. The molecule has 0 fully saturated rings. The van der Waals surface area contributed by atoms with Crippen molar-refractivity contribution in [1.82, 2.24) is 4.98 Å². The highest BCUT2D eigenvalue weighted by atomic mass is 19.1. The van der Waals surface area contributed by atoms with Gasteiger partial charge in [-0.3, -0.25) is 0 Å². The molecule has 0 spiro atoms. The first-order chi connectivity index (χ1) is 9.13. The van der Waals surface area contributed by atoms with Gasteiger partial charge in [0.05, 0.1) is 12.7 Å². The number of rotatable bonds is 3. The van der Waals surface area contributed by atoms with Crippen molar-refractivity contribution in [1.29, 1.82) is 5.26 Å². The number of nitriles is 1. The van der Waals surface area contributed by atoms with Gasteiger partial charge in [0.15, 0.2) is 11.6 Å². The van der Waals surface area contributed by atoms with E-state index in [0.29, 0.717) is 17.1 Å². The maximum absolute atomic E-state index is 13.3. The van der Waals surface area contributed by atoms with Crippen molar-refractivity contribution < 1.29 is 9.13 Å². The van der Waals surface area contributed by atoms with Gasteiger partial charge in [0.1, 0.15) is 11.9 Å². The number of methoxy groups -OCH3 is 1. The lowest BCUT2D eigenvalue weighted by atomic mass is 10.2. The summed E-state index contributed by atoms with van der Waals surface area (Å²) >= 11 is 0. The summed E-state index contributed by atoms with van der Waals surface area (Å²) in [4.78, 5) is 4.25. The van der Waals surface area contributed by atoms with Crippen molar-refractivity contribution in [2.75, 3.05) is 12.4 Å². The van der Waals surface area contributed by atoms with Crippen LogP contribution in [0.3, 0.4) is 0 Å². The topological polar surface area (TPSA) is 57.9 Å². The van der Waals surface area contributed by atoms with Crippen LogP contribution in [0.1, 0.15) is 11.3 Å². The molecule has 1 heterocycles. The molecule has 1 aromatic carbocycles. The molecule has 0 unspecified atom stereocenters. The molecule has 1 aromatic heterocycles. The molecule has 0 saturated heterocycles. The Labute approximate surface area is 110 Å². The van der Waals surface area contributed by atoms with Crippen molar-refractivity contribution >= 4 is 11.5 Å². The minimum atomic E-state index is -0.439. The van der Waals surface area contributed by atoms with Gasteiger partial charge < -0.3 is 10.1 Å². The van der Waals surface area contributed by atoms with Crippen LogP contribution in [0.15, 0.2) is 30.3 Å². The molecule has 19 heavy (non-hydrogen) atoms. The zero-order valence-corrected chi connectivity index (χ0v) is 10.6. The van der Waals surface area contributed by atoms with Crippen molar-refractivity contribution in [3.63, 3.8) is 0 Å². The first kappa shape index (κ1) is 12.8. The third-order valence-electron chi connectivity index (χ3n) is 2.57. The summed E-state index contributed by atoms with van der Waals surface area (Å²) in [7, 11) is 1.40. The van der Waals surface area contributed by atoms with E-state index in [2.05, 4.69) is 16.4 Å². The van der Waals surface area contributed by atoms with E-state index in [9.17, 15) is 4.39 Å². The smallest absolute Gasteiger partial charge is 0.165 e. The summed E-state index contributed by atoms with van der Waals surface area (Å²) in [5.41, 5.74) is 1.82. The average Bonchev–Trinajstić information content (AvgIpc) is 2.41. The van der Waals surface area contributed by atoms with E-state index in [1.165, 1.54) is 19.2 Å². The second-order valence-electron chi connectivity index (χ2n) is 3.93. The fourth-order valence-electron chi connectivity index (χ4n) is 1.62. The number of halogens is 1. The second-order valence-corrected chi connectivity index (χ2v) is 3.93. The van der Waals surface area contributed by atoms with E-state index in [1.54, 1.807) is 18.2 Å². The van der Waals surface area contributed by atoms with Gasteiger partial charge >= 0.3 is 0 Å². The van der Waals surface area contributed by atoms with Gasteiger partial charge in [-0.2, -0.15) is 5.26 Å². The summed E-state index contributed by atoms with van der Waals surface area (Å²) in [6.07, 6.45) is 0. The number of nitrogens with one attached hydrogen (secondary N) is 1. The van der Waals surface area contributed by atoms with E-state index >= 15 is 0 Å². The molecule has 96 valence electrons. The molecule has 0 saturated carbocycles. The zero-order chi connectivity index (χ0) is 13.8. The van der Waals surface area contributed by atoms with E-state index in [1.807, 2.05) is 6.92 Å². The molecule has 2 aromatic rings. The molecule has 0 radical (unpaired) electrons. The summed E-state index contributed by atoms with van der Waals surface area (Å²) < 4.78 is 18.2. The Kier molecular flexibility index (Phi) is 3.62. The highest BCUT2D eigenvalue weighted by Gasteiger charge is 2.07. The van der Waals surface area contributed by atoms with Gasteiger partial charge in [-0.15, -0.1) is 0 Å². The lowest BCUT2D eigenvalue weighted by molar-refractivity contribution is 0.387. The maximum atomic E-state index is 13.3. The van der Waals surface area contributed by atoms with Crippen molar-refractivity contribution in [2.24, 2.45) is 0 Å². The van der Waals surface area contributed by atoms with Crippen molar-refractivity contribution in [2.45, 2.75) is 6.92 Å². The first-order valence-corrected chi connectivity index (χ1v) is 5.62. The van der Waals surface area contributed by atoms with Crippen LogP contribution in [0, 0.1) is 24.1 Å². The minimum absolute atomic E-state index is 0.135. The standard InChI is InChI=1S/C14H12FN3O/c1-9-3-4-10(8-16)14(17-9)18-11-5-6-12(15)13(7-11)19-2/h3-7H,1-2H3,(H,17,18). The van der Waals surface area contributed by atoms with Crippen LogP contribution in [0.5, 0.6) is 5.75 Å². The molecule has 0 aliphatic carbocycles. The molecule has 0 aliphatic rings. The van der Waals surface area contributed by atoms with Crippen molar-refractivity contribution in [3.8, 4) is 11.8 Å². The molecule has 0 bridgehead atoms. The minimum Gasteiger partial charge on any atom is -0.494 e. The first-order valence-electron chi connectivity index (χ1n) is 5.62. The number of aromatic nitrogens is 1. The molecule has 0 atom stereocenters. The second kappa shape index (κ2) is 5.36. The van der Waals surface area contributed by atoms with Crippen LogP contribution in [0.25, 0.3) is 0 Å². The Balaban J connectivity index is 2.36. The van der Waals surface area contributed by atoms with E-state index in [-0.39, 0.29) is 5.75 Å². The summed E-state index contributed by atoms with van der Waals surface area (Å²) in [5, 5.41) is 12.0. The van der Waals surface area contributed by atoms with Gasteiger partial charge in [-0.1, -0.05) is 0 Å². The van der Waals surface area contributed by atoms with Gasteiger partial charge in [0.2, 0.25) is 0 Å². The Morgan fingerprint density at radius 3 is 2.79 bits per heavy atom. The summed E-state index contributed by atoms with van der Waals surface area (Å²) in [6.45, 7) is 1.83. The van der Waals surface area contributed by atoms with Gasteiger partial charge in [-0.25, -0.2) is 9.37 Å². The van der Waals surface area contributed by atoms with Crippen molar-refractivity contribution in [3.05, 3.63) is 47.4 Å². The molecular weight excluding hydrogens is 245 g/mol. The van der Waals surface area contributed by atoms with E-state index in [0.717, 1.165) is 5.69 Å². The summed E-state index contributed by atoms with van der Waals surface area (Å²) in [5.74, 6) is 0.137. The third kappa shape index (κ3) is 2.80. The monoisotopic (exact) mass is 257 g/mol. The normalized spacial score (nSPS) is 9.79.